The number of imide groups is 1. The van der Waals surface area contributed by atoms with Gasteiger partial charge in [0.25, 0.3) is 11.8 Å². The standard InChI is InChI=1S/C16H24N4O6/c1-10-5-3-4-6-16(10)14(24)20(15(25)19-16)8-13(23)26-9-12(22)18-7-11(21)17-2/h10H,3-9H2,1-2H3,(H,17,21)(H,18,22)(H,19,25)/t10-,16-/m0/s1. The summed E-state index contributed by atoms with van der Waals surface area (Å²) in [6.07, 6.45) is 3.21. The van der Waals surface area contributed by atoms with E-state index in [1.807, 2.05) is 6.92 Å². The van der Waals surface area contributed by atoms with Crippen molar-refractivity contribution in [2.24, 2.45) is 5.92 Å². The van der Waals surface area contributed by atoms with Crippen LogP contribution in [0.2, 0.25) is 0 Å². The monoisotopic (exact) mass is 368 g/mol. The van der Waals surface area contributed by atoms with E-state index in [0.717, 1.165) is 24.2 Å². The van der Waals surface area contributed by atoms with E-state index in [9.17, 15) is 24.0 Å². The summed E-state index contributed by atoms with van der Waals surface area (Å²) in [7, 11) is 1.42. The van der Waals surface area contributed by atoms with Crippen LogP contribution in [0.15, 0.2) is 0 Å². The average Bonchev–Trinajstić information content (AvgIpc) is 2.85. The number of ether oxygens (including phenoxy) is 1. The summed E-state index contributed by atoms with van der Waals surface area (Å²) in [5.41, 5.74) is -0.944. The van der Waals surface area contributed by atoms with Crippen LogP contribution in [-0.4, -0.2) is 66.9 Å². The summed E-state index contributed by atoms with van der Waals surface area (Å²) in [6.45, 7) is 0.527. The molecule has 2 aliphatic rings. The van der Waals surface area contributed by atoms with E-state index in [4.69, 9.17) is 4.74 Å². The Balaban J connectivity index is 1.85. The Morgan fingerprint density at radius 1 is 1.27 bits per heavy atom. The van der Waals surface area contributed by atoms with Crippen molar-refractivity contribution in [3.05, 3.63) is 0 Å². The number of rotatable bonds is 6. The summed E-state index contributed by atoms with van der Waals surface area (Å²) in [6, 6.07) is -0.621. The Hall–Kier alpha value is -2.65. The Kier molecular flexibility index (Phi) is 6.17. The third-order valence-electron chi connectivity index (χ3n) is 4.88. The van der Waals surface area contributed by atoms with Gasteiger partial charge in [-0.3, -0.25) is 24.1 Å². The smallest absolute Gasteiger partial charge is 0.326 e. The second-order valence-electron chi connectivity index (χ2n) is 6.55. The molecule has 1 heterocycles. The highest BCUT2D eigenvalue weighted by Crippen LogP contribution is 2.38. The van der Waals surface area contributed by atoms with Gasteiger partial charge in [0.05, 0.1) is 6.54 Å². The van der Waals surface area contributed by atoms with Crippen LogP contribution in [0.1, 0.15) is 32.6 Å². The number of nitrogens with zero attached hydrogens (tertiary/aromatic N) is 1. The van der Waals surface area contributed by atoms with E-state index in [1.165, 1.54) is 7.05 Å². The minimum atomic E-state index is -0.944. The van der Waals surface area contributed by atoms with Crippen molar-refractivity contribution in [1.82, 2.24) is 20.9 Å². The molecule has 0 aromatic carbocycles. The normalized spacial score (nSPS) is 25.0. The van der Waals surface area contributed by atoms with Crippen LogP contribution < -0.4 is 16.0 Å². The molecule has 5 amide bonds. The highest BCUT2D eigenvalue weighted by molar-refractivity contribution is 6.09. The molecule has 1 saturated heterocycles. The van der Waals surface area contributed by atoms with Gasteiger partial charge in [-0.2, -0.15) is 0 Å². The van der Waals surface area contributed by atoms with Crippen LogP contribution in [0.25, 0.3) is 0 Å². The maximum absolute atomic E-state index is 12.7. The second kappa shape index (κ2) is 8.15. The number of hydrogen-bond donors (Lipinski definition) is 3. The van der Waals surface area contributed by atoms with Crippen LogP contribution in [0.4, 0.5) is 4.79 Å². The van der Waals surface area contributed by atoms with Gasteiger partial charge >= 0.3 is 12.0 Å². The molecule has 10 heteroatoms. The van der Waals surface area contributed by atoms with E-state index in [2.05, 4.69) is 16.0 Å². The summed E-state index contributed by atoms with van der Waals surface area (Å²) < 4.78 is 4.77. The lowest BCUT2D eigenvalue weighted by atomic mass is 9.73. The molecule has 0 radical (unpaired) electrons. The molecule has 0 aromatic rings. The Morgan fingerprint density at radius 2 is 2.00 bits per heavy atom. The van der Waals surface area contributed by atoms with Crippen LogP contribution >= 0.6 is 0 Å². The zero-order chi connectivity index (χ0) is 19.3. The van der Waals surface area contributed by atoms with Crippen LogP contribution in [0.5, 0.6) is 0 Å². The van der Waals surface area contributed by atoms with Crippen molar-refractivity contribution < 1.29 is 28.7 Å². The van der Waals surface area contributed by atoms with Gasteiger partial charge in [-0.15, -0.1) is 0 Å². The second-order valence-corrected chi connectivity index (χ2v) is 6.55. The molecular formula is C16H24N4O6. The number of carbonyl (C=O) groups is 5. The summed E-state index contributed by atoms with van der Waals surface area (Å²) in [5.74, 6) is -2.35. The fraction of sp³-hybridized carbons (Fsp3) is 0.688. The topological polar surface area (TPSA) is 134 Å². The largest absolute Gasteiger partial charge is 0.454 e. The number of urea groups is 1. The van der Waals surface area contributed by atoms with Gasteiger partial charge in [-0.25, -0.2) is 4.79 Å². The lowest BCUT2D eigenvalue weighted by molar-refractivity contribution is -0.151. The van der Waals surface area contributed by atoms with Gasteiger partial charge in [0.1, 0.15) is 12.1 Å². The zero-order valence-electron chi connectivity index (χ0n) is 14.9. The molecule has 0 aromatic heterocycles. The fourth-order valence-corrected chi connectivity index (χ4v) is 3.28. The molecule has 2 atom stereocenters. The maximum Gasteiger partial charge on any atom is 0.326 e. The third-order valence-corrected chi connectivity index (χ3v) is 4.88. The number of likely N-dealkylation sites (N-methyl/N-ethyl adjacent to an activating group) is 1. The summed E-state index contributed by atoms with van der Waals surface area (Å²) in [4.78, 5) is 60.1. The SMILES string of the molecule is CNC(=O)CNC(=O)COC(=O)CN1C(=O)N[C@]2(CCCC[C@@H]2C)C1=O. The van der Waals surface area contributed by atoms with Crippen LogP contribution in [0.3, 0.4) is 0 Å². The van der Waals surface area contributed by atoms with Gasteiger partial charge in [0, 0.05) is 7.05 Å². The van der Waals surface area contributed by atoms with Gasteiger partial charge in [0.2, 0.25) is 5.91 Å². The van der Waals surface area contributed by atoms with Gasteiger partial charge < -0.3 is 20.7 Å². The first-order chi connectivity index (χ1) is 12.3. The number of carbonyl (C=O) groups excluding carboxylic acids is 5. The van der Waals surface area contributed by atoms with Crippen LogP contribution in [0, 0.1) is 5.92 Å². The first-order valence-corrected chi connectivity index (χ1v) is 8.57. The van der Waals surface area contributed by atoms with Crippen molar-refractivity contribution in [2.45, 2.75) is 38.1 Å². The molecule has 1 aliphatic heterocycles. The Labute approximate surface area is 151 Å². The number of hydrogen-bond acceptors (Lipinski definition) is 6. The average molecular weight is 368 g/mol. The minimum absolute atomic E-state index is 0.00999. The fourth-order valence-electron chi connectivity index (χ4n) is 3.28. The van der Waals surface area contributed by atoms with E-state index in [1.54, 1.807) is 0 Å². The molecule has 2 rings (SSSR count). The Bertz CT molecular complexity index is 622. The number of amides is 5. The summed E-state index contributed by atoms with van der Waals surface area (Å²) in [5, 5.41) is 7.32. The predicted octanol–water partition coefficient (Wildman–Crippen LogP) is -1.11. The number of nitrogens with one attached hydrogen (secondary N) is 3. The third kappa shape index (κ3) is 4.12. The number of esters is 1. The van der Waals surface area contributed by atoms with Gasteiger partial charge in [0.15, 0.2) is 6.61 Å². The van der Waals surface area contributed by atoms with Gasteiger partial charge in [-0.1, -0.05) is 19.8 Å². The molecule has 0 unspecified atom stereocenters. The molecule has 0 bridgehead atoms. The molecule has 1 spiro atoms. The molecule has 10 nitrogen and oxygen atoms in total. The molecule has 2 fully saturated rings. The molecule has 26 heavy (non-hydrogen) atoms. The highest BCUT2D eigenvalue weighted by Gasteiger charge is 2.55. The molecule has 3 N–H and O–H groups in total. The zero-order valence-corrected chi connectivity index (χ0v) is 14.9. The van der Waals surface area contributed by atoms with E-state index >= 15 is 0 Å². The van der Waals surface area contributed by atoms with E-state index in [0.29, 0.717) is 6.42 Å². The highest BCUT2D eigenvalue weighted by atomic mass is 16.5. The van der Waals surface area contributed by atoms with Crippen molar-refractivity contribution >= 4 is 29.7 Å². The van der Waals surface area contributed by atoms with Crippen molar-refractivity contribution in [2.75, 3.05) is 26.7 Å². The summed E-state index contributed by atoms with van der Waals surface area (Å²) >= 11 is 0. The van der Waals surface area contributed by atoms with Crippen molar-refractivity contribution in [1.29, 1.82) is 0 Å². The lowest BCUT2D eigenvalue weighted by Gasteiger charge is -2.36. The van der Waals surface area contributed by atoms with Crippen molar-refractivity contribution in [3.8, 4) is 0 Å². The minimum Gasteiger partial charge on any atom is -0.454 e. The molecular weight excluding hydrogens is 344 g/mol. The van der Waals surface area contributed by atoms with E-state index < -0.39 is 48.4 Å². The molecule has 1 saturated carbocycles. The molecule has 1 aliphatic carbocycles. The predicted molar refractivity (Wildman–Crippen MR) is 88.6 cm³/mol. The molecule has 144 valence electrons. The maximum atomic E-state index is 12.7. The first kappa shape index (κ1) is 19.7. The lowest BCUT2D eigenvalue weighted by Crippen LogP contribution is -2.54. The van der Waals surface area contributed by atoms with Gasteiger partial charge in [-0.05, 0) is 18.8 Å². The first-order valence-electron chi connectivity index (χ1n) is 8.57. The van der Waals surface area contributed by atoms with E-state index in [-0.39, 0.29) is 12.5 Å². The Morgan fingerprint density at radius 3 is 2.65 bits per heavy atom. The van der Waals surface area contributed by atoms with Crippen molar-refractivity contribution in [3.63, 3.8) is 0 Å². The van der Waals surface area contributed by atoms with Crippen LogP contribution in [-0.2, 0) is 23.9 Å². The quantitative estimate of drug-likeness (QED) is 0.402.